The Hall–Kier alpha value is -0.416. The molecule has 3 aliphatic carbocycles. The zero-order chi connectivity index (χ0) is 26.6. The summed E-state index contributed by atoms with van der Waals surface area (Å²) in [6.45, 7) is 27.7. The standard InChI is InChI=1S/C30H54O3Si2/c1-21-26-23(25(18-17-24(26)27(21)31)32-34(9,10)28(2,3)4)19-20-30(8,22-15-13-14-16-22)33-35(11,12)29(5,6)7/h21-26H,13-18H2,1-12H3/t21?,23-,24-,25+,26+,30+/m0/s1. The normalized spacial score (nSPS) is 32.3. The van der Waals surface area contributed by atoms with Gasteiger partial charge in [-0.05, 0) is 80.7 Å². The van der Waals surface area contributed by atoms with E-state index < -0.39 is 22.2 Å². The highest BCUT2D eigenvalue weighted by Gasteiger charge is 2.56. The second kappa shape index (κ2) is 9.71. The van der Waals surface area contributed by atoms with Gasteiger partial charge in [-0.3, -0.25) is 4.79 Å². The van der Waals surface area contributed by atoms with Gasteiger partial charge in [0.05, 0.1) is 6.10 Å². The molecule has 3 saturated carbocycles. The lowest BCUT2D eigenvalue weighted by Gasteiger charge is -2.52. The van der Waals surface area contributed by atoms with E-state index in [0.717, 1.165) is 12.8 Å². The van der Waals surface area contributed by atoms with Crippen LogP contribution in [0.4, 0.5) is 0 Å². The highest BCUT2D eigenvalue weighted by molar-refractivity contribution is 6.74. The number of carbonyl (C=O) groups is 1. The molecular weight excluding hydrogens is 464 g/mol. The van der Waals surface area contributed by atoms with Crippen LogP contribution in [0.15, 0.2) is 0 Å². The Labute approximate surface area is 219 Å². The number of carbonyl (C=O) groups excluding carboxylic acids is 1. The molecule has 0 aromatic carbocycles. The molecule has 35 heavy (non-hydrogen) atoms. The van der Waals surface area contributed by atoms with Crippen molar-refractivity contribution in [3.8, 4) is 11.8 Å². The summed E-state index contributed by atoms with van der Waals surface area (Å²) in [5.41, 5.74) is -0.426. The molecule has 0 N–H and O–H groups in total. The van der Waals surface area contributed by atoms with Crippen LogP contribution in [0.1, 0.15) is 93.9 Å². The maximum atomic E-state index is 12.7. The first-order valence-corrected chi connectivity index (χ1v) is 20.1. The summed E-state index contributed by atoms with van der Waals surface area (Å²) in [4.78, 5) is 12.7. The van der Waals surface area contributed by atoms with E-state index in [0.29, 0.717) is 17.6 Å². The van der Waals surface area contributed by atoms with Crippen LogP contribution in [0.25, 0.3) is 0 Å². The molecule has 3 fully saturated rings. The van der Waals surface area contributed by atoms with E-state index in [2.05, 4.69) is 93.4 Å². The van der Waals surface area contributed by atoms with Crippen molar-refractivity contribution in [2.75, 3.05) is 0 Å². The molecule has 3 nitrogen and oxygen atoms in total. The van der Waals surface area contributed by atoms with Crippen molar-refractivity contribution in [1.82, 2.24) is 0 Å². The fourth-order valence-corrected chi connectivity index (χ4v) is 9.05. The van der Waals surface area contributed by atoms with Crippen LogP contribution in [0, 0.1) is 41.4 Å². The molecule has 0 aromatic heterocycles. The molecule has 1 unspecified atom stereocenters. The Balaban J connectivity index is 1.98. The number of hydrogen-bond donors (Lipinski definition) is 0. The van der Waals surface area contributed by atoms with Crippen LogP contribution >= 0.6 is 0 Å². The summed E-state index contributed by atoms with van der Waals surface area (Å²) in [5, 5.41) is 0.306. The predicted octanol–water partition coefficient (Wildman–Crippen LogP) is 8.21. The molecule has 5 heteroatoms. The molecule has 3 aliphatic rings. The van der Waals surface area contributed by atoms with Crippen LogP contribution in [0.3, 0.4) is 0 Å². The van der Waals surface area contributed by atoms with Gasteiger partial charge in [0.1, 0.15) is 11.4 Å². The number of hydrogen-bond acceptors (Lipinski definition) is 3. The van der Waals surface area contributed by atoms with Crippen molar-refractivity contribution in [1.29, 1.82) is 0 Å². The first kappa shape index (κ1) is 29.1. The highest BCUT2D eigenvalue weighted by Crippen LogP contribution is 2.52. The fourth-order valence-electron chi connectivity index (χ4n) is 6.09. The van der Waals surface area contributed by atoms with Crippen LogP contribution in [-0.4, -0.2) is 34.1 Å². The summed E-state index contributed by atoms with van der Waals surface area (Å²) in [6, 6.07) is 0. The van der Waals surface area contributed by atoms with E-state index in [-0.39, 0.29) is 33.9 Å². The topological polar surface area (TPSA) is 35.5 Å². The van der Waals surface area contributed by atoms with E-state index in [9.17, 15) is 4.79 Å². The Morgan fingerprint density at radius 1 is 0.829 bits per heavy atom. The summed E-state index contributed by atoms with van der Waals surface area (Å²) in [7, 11) is -3.94. The van der Waals surface area contributed by atoms with Crippen molar-refractivity contribution < 1.29 is 13.6 Å². The third kappa shape index (κ3) is 5.71. The first-order chi connectivity index (χ1) is 15.8. The third-order valence-corrected chi connectivity index (χ3v) is 19.6. The largest absolute Gasteiger partial charge is 0.413 e. The average Bonchev–Trinajstić information content (AvgIpc) is 3.25. The smallest absolute Gasteiger partial charge is 0.194 e. The number of ketones is 1. The van der Waals surface area contributed by atoms with Gasteiger partial charge in [-0.15, -0.1) is 0 Å². The van der Waals surface area contributed by atoms with E-state index in [4.69, 9.17) is 8.85 Å². The molecule has 3 rings (SSSR count). The van der Waals surface area contributed by atoms with E-state index >= 15 is 0 Å². The maximum absolute atomic E-state index is 12.7. The van der Waals surface area contributed by atoms with Crippen LogP contribution < -0.4 is 0 Å². The Kier molecular flexibility index (Phi) is 8.09. The van der Waals surface area contributed by atoms with Crippen molar-refractivity contribution in [2.45, 2.75) is 142 Å². The molecule has 0 spiro atoms. The minimum atomic E-state index is -2.00. The van der Waals surface area contributed by atoms with Gasteiger partial charge in [0, 0.05) is 17.8 Å². The van der Waals surface area contributed by atoms with Gasteiger partial charge in [-0.1, -0.05) is 73.1 Å². The average molecular weight is 519 g/mol. The zero-order valence-corrected chi connectivity index (χ0v) is 26.9. The van der Waals surface area contributed by atoms with Crippen LogP contribution in [0.5, 0.6) is 0 Å². The molecule has 0 aliphatic heterocycles. The van der Waals surface area contributed by atoms with Crippen molar-refractivity contribution >= 4 is 22.4 Å². The molecular formula is C30H54O3Si2. The first-order valence-electron chi connectivity index (χ1n) is 14.3. The van der Waals surface area contributed by atoms with Gasteiger partial charge in [-0.25, -0.2) is 0 Å². The Bertz CT molecular complexity index is 848. The van der Waals surface area contributed by atoms with Gasteiger partial charge in [-0.2, -0.15) is 0 Å². The minimum Gasteiger partial charge on any atom is -0.413 e. The summed E-state index contributed by atoms with van der Waals surface area (Å²) < 4.78 is 14.2. The number of rotatable bonds is 5. The third-order valence-electron chi connectivity index (χ3n) is 10.6. The molecule has 6 atom stereocenters. The van der Waals surface area contributed by atoms with Crippen molar-refractivity contribution in [2.24, 2.45) is 29.6 Å². The SMILES string of the molecule is CC1C(=O)[C@H]2CC[C@@H](O[Si](C)(C)C(C)(C)C)[C@H](C#C[C@@](C)(O[Si](C)(C)C(C)(C)C)C3CCCC3)[C@@H]12. The maximum Gasteiger partial charge on any atom is 0.194 e. The van der Waals surface area contributed by atoms with Gasteiger partial charge in [0.15, 0.2) is 16.6 Å². The number of fused-ring (bicyclic) bond motifs is 1. The molecule has 0 radical (unpaired) electrons. The van der Waals surface area contributed by atoms with Crippen molar-refractivity contribution in [3.63, 3.8) is 0 Å². The fraction of sp³-hybridized carbons (Fsp3) is 0.900. The van der Waals surface area contributed by atoms with Crippen LogP contribution in [-0.2, 0) is 13.6 Å². The second-order valence-corrected chi connectivity index (χ2v) is 24.6. The van der Waals surface area contributed by atoms with Gasteiger partial charge in [0.25, 0.3) is 0 Å². The van der Waals surface area contributed by atoms with E-state index in [1.54, 1.807) is 0 Å². The molecule has 0 aromatic rings. The van der Waals surface area contributed by atoms with E-state index in [1.807, 2.05) is 0 Å². The molecule has 200 valence electrons. The monoisotopic (exact) mass is 518 g/mol. The second-order valence-electron chi connectivity index (χ2n) is 15.1. The molecule has 0 heterocycles. The summed E-state index contributed by atoms with van der Waals surface area (Å²) in [6.07, 6.45) is 7.00. The minimum absolute atomic E-state index is 0.101. The number of Topliss-reactive ketones (excluding diaryl/α,β-unsaturated/α-hetero) is 1. The van der Waals surface area contributed by atoms with Crippen molar-refractivity contribution in [3.05, 3.63) is 0 Å². The molecule has 0 saturated heterocycles. The summed E-state index contributed by atoms with van der Waals surface area (Å²) in [5.74, 6) is 9.29. The van der Waals surface area contributed by atoms with Gasteiger partial charge < -0.3 is 8.85 Å². The lowest BCUT2D eigenvalue weighted by Crippen LogP contribution is -2.58. The lowest BCUT2D eigenvalue weighted by molar-refractivity contribution is -0.151. The zero-order valence-electron chi connectivity index (χ0n) is 24.9. The summed E-state index contributed by atoms with van der Waals surface area (Å²) >= 11 is 0. The van der Waals surface area contributed by atoms with Gasteiger partial charge in [0.2, 0.25) is 0 Å². The lowest BCUT2D eigenvalue weighted by atomic mass is 9.53. The quantitative estimate of drug-likeness (QED) is 0.272. The molecule has 0 amide bonds. The van der Waals surface area contributed by atoms with Gasteiger partial charge >= 0.3 is 0 Å². The van der Waals surface area contributed by atoms with E-state index in [1.165, 1.54) is 25.7 Å². The molecule has 0 bridgehead atoms. The Morgan fingerprint density at radius 3 is 1.89 bits per heavy atom. The van der Waals surface area contributed by atoms with Crippen LogP contribution in [0.2, 0.25) is 36.3 Å². The predicted molar refractivity (Wildman–Crippen MR) is 152 cm³/mol. The Morgan fingerprint density at radius 2 is 1.37 bits per heavy atom. The highest BCUT2D eigenvalue weighted by atomic mass is 28.4.